The van der Waals surface area contributed by atoms with Gasteiger partial charge in [0.2, 0.25) is 0 Å². The van der Waals surface area contributed by atoms with Crippen LogP contribution in [0.15, 0.2) is 60.0 Å². The maximum Gasteiger partial charge on any atom is 0.297 e. The van der Waals surface area contributed by atoms with Crippen molar-refractivity contribution in [1.29, 1.82) is 0 Å². The standard InChI is InChI=1S/C16H15NO5S/c1-3-10-22-23(20,21)16-9-4-12(2)11-15(16)13-5-7-14(8-6-13)17(18)19/h3-9,11H,1,10H2,2H3. The lowest BCUT2D eigenvalue weighted by Gasteiger charge is -2.11. The summed E-state index contributed by atoms with van der Waals surface area (Å²) in [5.74, 6) is 0. The van der Waals surface area contributed by atoms with Crippen LogP contribution in [0, 0.1) is 17.0 Å². The normalized spacial score (nSPS) is 11.2. The Hall–Kier alpha value is -2.51. The van der Waals surface area contributed by atoms with E-state index in [1.54, 1.807) is 12.1 Å². The summed E-state index contributed by atoms with van der Waals surface area (Å²) >= 11 is 0. The molecule has 0 saturated carbocycles. The molecule has 0 N–H and O–H groups in total. The van der Waals surface area contributed by atoms with Crippen molar-refractivity contribution in [3.8, 4) is 11.1 Å². The molecule has 0 saturated heterocycles. The summed E-state index contributed by atoms with van der Waals surface area (Å²) in [6.07, 6.45) is 1.34. The summed E-state index contributed by atoms with van der Waals surface area (Å²) in [6.45, 7) is 5.13. The molecule has 120 valence electrons. The molecule has 0 heterocycles. The first-order valence-corrected chi connectivity index (χ1v) is 8.12. The van der Waals surface area contributed by atoms with Gasteiger partial charge in [-0.2, -0.15) is 8.42 Å². The lowest BCUT2D eigenvalue weighted by molar-refractivity contribution is -0.384. The highest BCUT2D eigenvalue weighted by atomic mass is 32.2. The Morgan fingerprint density at radius 1 is 1.22 bits per heavy atom. The lowest BCUT2D eigenvalue weighted by Crippen LogP contribution is -2.08. The van der Waals surface area contributed by atoms with Crippen LogP contribution in [0.25, 0.3) is 11.1 Å². The zero-order valence-corrected chi connectivity index (χ0v) is 13.2. The summed E-state index contributed by atoms with van der Waals surface area (Å²) in [4.78, 5) is 10.2. The van der Waals surface area contributed by atoms with Gasteiger partial charge in [-0.05, 0) is 30.7 Å². The SMILES string of the molecule is C=CCOS(=O)(=O)c1ccc(C)cc1-c1ccc([N+](=O)[O-])cc1. The van der Waals surface area contributed by atoms with E-state index in [4.69, 9.17) is 4.18 Å². The van der Waals surface area contributed by atoms with E-state index < -0.39 is 15.0 Å². The van der Waals surface area contributed by atoms with Gasteiger partial charge in [0, 0.05) is 17.7 Å². The Bertz CT molecular complexity index is 841. The molecule has 0 spiro atoms. The lowest BCUT2D eigenvalue weighted by atomic mass is 10.0. The highest BCUT2D eigenvalue weighted by Gasteiger charge is 2.20. The zero-order valence-electron chi connectivity index (χ0n) is 12.4. The van der Waals surface area contributed by atoms with E-state index in [-0.39, 0.29) is 17.2 Å². The van der Waals surface area contributed by atoms with E-state index in [1.165, 1.54) is 36.4 Å². The van der Waals surface area contributed by atoms with Gasteiger partial charge >= 0.3 is 0 Å². The molecule has 0 bridgehead atoms. The molecule has 7 heteroatoms. The van der Waals surface area contributed by atoms with Crippen molar-refractivity contribution in [2.75, 3.05) is 6.61 Å². The maximum absolute atomic E-state index is 12.3. The average molecular weight is 333 g/mol. The van der Waals surface area contributed by atoms with E-state index in [1.807, 2.05) is 6.92 Å². The van der Waals surface area contributed by atoms with Gasteiger partial charge in [-0.1, -0.05) is 23.8 Å². The topological polar surface area (TPSA) is 86.5 Å². The van der Waals surface area contributed by atoms with Gasteiger partial charge in [0.1, 0.15) is 4.90 Å². The van der Waals surface area contributed by atoms with Crippen LogP contribution in [0.3, 0.4) is 0 Å². The Morgan fingerprint density at radius 2 is 1.87 bits per heavy atom. The third-order valence-corrected chi connectivity index (χ3v) is 4.48. The number of nitrogens with zero attached hydrogens (tertiary/aromatic N) is 1. The number of aryl methyl sites for hydroxylation is 1. The number of benzene rings is 2. The second kappa shape index (κ2) is 6.72. The Balaban J connectivity index is 2.55. The molecule has 0 unspecified atom stereocenters. The maximum atomic E-state index is 12.3. The predicted molar refractivity (Wildman–Crippen MR) is 86.6 cm³/mol. The first kappa shape index (κ1) is 16.9. The monoisotopic (exact) mass is 333 g/mol. The van der Waals surface area contributed by atoms with Crippen LogP contribution < -0.4 is 0 Å². The highest BCUT2D eigenvalue weighted by molar-refractivity contribution is 7.87. The van der Waals surface area contributed by atoms with Crippen molar-refractivity contribution < 1.29 is 17.5 Å². The van der Waals surface area contributed by atoms with Gasteiger partial charge in [-0.15, -0.1) is 6.58 Å². The van der Waals surface area contributed by atoms with Gasteiger partial charge in [0.15, 0.2) is 0 Å². The molecule has 0 radical (unpaired) electrons. The Labute approximate surface area is 134 Å². The summed E-state index contributed by atoms with van der Waals surface area (Å²) in [6, 6.07) is 10.5. The molecule has 0 atom stereocenters. The smallest absolute Gasteiger partial charge is 0.262 e. The quantitative estimate of drug-likeness (QED) is 0.350. The molecule has 2 aromatic rings. The van der Waals surface area contributed by atoms with E-state index in [2.05, 4.69) is 6.58 Å². The van der Waals surface area contributed by atoms with Crippen LogP contribution in [0.4, 0.5) is 5.69 Å². The minimum absolute atomic E-state index is 0.0128. The molecule has 0 fully saturated rings. The van der Waals surface area contributed by atoms with Gasteiger partial charge in [0.05, 0.1) is 11.5 Å². The molecular formula is C16H15NO5S. The summed E-state index contributed by atoms with van der Waals surface area (Å²) < 4.78 is 29.5. The summed E-state index contributed by atoms with van der Waals surface area (Å²) in [5, 5.41) is 10.7. The Kier molecular flexibility index (Phi) is 4.92. The highest BCUT2D eigenvalue weighted by Crippen LogP contribution is 2.30. The molecular weight excluding hydrogens is 318 g/mol. The minimum atomic E-state index is -3.95. The van der Waals surface area contributed by atoms with Crippen LogP contribution >= 0.6 is 0 Å². The fourth-order valence-electron chi connectivity index (χ4n) is 2.05. The molecule has 2 aromatic carbocycles. The van der Waals surface area contributed by atoms with Crippen molar-refractivity contribution in [1.82, 2.24) is 0 Å². The second-order valence-electron chi connectivity index (χ2n) is 4.83. The first-order valence-electron chi connectivity index (χ1n) is 6.71. The number of hydrogen-bond acceptors (Lipinski definition) is 5. The van der Waals surface area contributed by atoms with E-state index in [9.17, 15) is 18.5 Å². The summed E-state index contributed by atoms with van der Waals surface area (Å²) in [5.41, 5.74) is 1.79. The molecule has 6 nitrogen and oxygen atoms in total. The zero-order chi connectivity index (χ0) is 17.0. The largest absolute Gasteiger partial charge is 0.297 e. The average Bonchev–Trinajstić information content (AvgIpc) is 2.52. The number of nitro groups is 1. The van der Waals surface area contributed by atoms with Crippen molar-refractivity contribution in [3.63, 3.8) is 0 Å². The number of rotatable bonds is 6. The molecule has 23 heavy (non-hydrogen) atoms. The molecule has 0 aromatic heterocycles. The Morgan fingerprint density at radius 3 is 2.43 bits per heavy atom. The van der Waals surface area contributed by atoms with Gasteiger partial charge in [-0.25, -0.2) is 0 Å². The van der Waals surface area contributed by atoms with Crippen molar-refractivity contribution >= 4 is 15.8 Å². The fourth-order valence-corrected chi connectivity index (χ4v) is 3.13. The van der Waals surface area contributed by atoms with Crippen LogP contribution in [0.2, 0.25) is 0 Å². The third kappa shape index (κ3) is 3.82. The molecule has 2 rings (SSSR count). The number of nitro benzene ring substituents is 1. The fraction of sp³-hybridized carbons (Fsp3) is 0.125. The molecule has 0 amide bonds. The molecule has 0 aliphatic heterocycles. The van der Waals surface area contributed by atoms with Crippen LogP contribution in [0.1, 0.15) is 5.56 Å². The van der Waals surface area contributed by atoms with Crippen LogP contribution in [-0.2, 0) is 14.3 Å². The predicted octanol–water partition coefficient (Wildman–Crippen LogP) is 3.46. The van der Waals surface area contributed by atoms with Gasteiger partial charge in [-0.3, -0.25) is 14.3 Å². The number of hydrogen-bond donors (Lipinski definition) is 0. The van der Waals surface area contributed by atoms with Crippen LogP contribution in [-0.4, -0.2) is 19.9 Å². The third-order valence-electron chi connectivity index (χ3n) is 3.13. The van der Waals surface area contributed by atoms with Gasteiger partial charge < -0.3 is 0 Å². The van der Waals surface area contributed by atoms with Crippen LogP contribution in [0.5, 0.6) is 0 Å². The van der Waals surface area contributed by atoms with E-state index in [0.29, 0.717) is 11.1 Å². The van der Waals surface area contributed by atoms with Crippen molar-refractivity contribution in [2.24, 2.45) is 0 Å². The first-order chi connectivity index (χ1) is 10.8. The van der Waals surface area contributed by atoms with Gasteiger partial charge in [0.25, 0.3) is 15.8 Å². The van der Waals surface area contributed by atoms with E-state index in [0.717, 1.165) is 5.56 Å². The van der Waals surface area contributed by atoms with Crippen molar-refractivity contribution in [3.05, 3.63) is 70.8 Å². The minimum Gasteiger partial charge on any atom is -0.262 e. The molecule has 0 aliphatic rings. The molecule has 0 aliphatic carbocycles. The summed E-state index contributed by atoms with van der Waals surface area (Å²) in [7, 11) is -3.95. The number of non-ortho nitro benzene ring substituents is 1. The second-order valence-corrected chi connectivity index (χ2v) is 6.41. The van der Waals surface area contributed by atoms with Crippen molar-refractivity contribution in [2.45, 2.75) is 11.8 Å². The van der Waals surface area contributed by atoms with E-state index >= 15 is 0 Å².